The van der Waals surface area contributed by atoms with Gasteiger partial charge in [0.15, 0.2) is 0 Å². The molecule has 0 saturated carbocycles. The Morgan fingerprint density at radius 2 is 1.00 bits per heavy atom. The third kappa shape index (κ3) is 14.1. The molecule has 5 nitrogen and oxygen atoms in total. The van der Waals surface area contributed by atoms with E-state index >= 15 is 0 Å². The number of rotatable bonds is 23. The van der Waals surface area contributed by atoms with Crippen LogP contribution >= 0.6 is 0 Å². The van der Waals surface area contributed by atoms with Crippen molar-refractivity contribution in [2.45, 2.75) is 116 Å². The van der Waals surface area contributed by atoms with Crippen LogP contribution in [0.25, 0.3) is 0 Å². The van der Waals surface area contributed by atoms with Crippen LogP contribution in [0.5, 0.6) is 11.5 Å². The number of hydrogen-bond acceptors (Lipinski definition) is 5. The monoisotopic (exact) mass is 634 g/mol. The molecular weight excluding hydrogens is 580 g/mol. The molecule has 0 atom stereocenters. The number of unbranched alkanes of at least 4 members (excludes halogenated alkanes) is 15. The first kappa shape index (κ1) is 35.9. The Bertz CT molecular complexity index is 1360. The Labute approximate surface area is 283 Å². The van der Waals surface area contributed by atoms with Crippen molar-refractivity contribution in [1.29, 1.82) is 0 Å². The number of esters is 1. The lowest BCUT2D eigenvalue weighted by Crippen LogP contribution is -2.08. The van der Waals surface area contributed by atoms with Crippen molar-refractivity contribution in [1.82, 2.24) is 0 Å². The minimum atomic E-state index is -0.388. The van der Waals surface area contributed by atoms with Crippen molar-refractivity contribution >= 4 is 17.3 Å². The van der Waals surface area contributed by atoms with Crippen LogP contribution in [-0.2, 0) is 0 Å². The number of carbonyl (C=O) groups is 1. The van der Waals surface area contributed by atoms with Crippen LogP contribution in [0.15, 0.2) is 107 Å². The van der Waals surface area contributed by atoms with E-state index in [0.717, 1.165) is 30.0 Å². The molecule has 5 heteroatoms. The van der Waals surface area contributed by atoms with Gasteiger partial charge in [-0.3, -0.25) is 0 Å². The first-order valence-electron chi connectivity index (χ1n) is 18.1. The Balaban J connectivity index is 1.02. The zero-order chi connectivity index (χ0) is 32.8. The summed E-state index contributed by atoms with van der Waals surface area (Å²) >= 11 is 0. The molecule has 3 aromatic carbocycles. The zero-order valence-electron chi connectivity index (χ0n) is 28.5. The van der Waals surface area contributed by atoms with Gasteiger partial charge in [-0.1, -0.05) is 140 Å². The van der Waals surface area contributed by atoms with Crippen molar-refractivity contribution in [3.05, 3.63) is 108 Å². The molecule has 0 heterocycles. The van der Waals surface area contributed by atoms with Gasteiger partial charge in [-0.2, -0.15) is 10.2 Å². The highest BCUT2D eigenvalue weighted by molar-refractivity contribution is 5.91. The number of hydrogen-bond donors (Lipinski definition) is 0. The van der Waals surface area contributed by atoms with Gasteiger partial charge >= 0.3 is 5.97 Å². The van der Waals surface area contributed by atoms with Gasteiger partial charge < -0.3 is 9.47 Å². The lowest BCUT2D eigenvalue weighted by atomic mass is 10.00. The summed E-state index contributed by atoms with van der Waals surface area (Å²) in [6.07, 6.45) is 30.2. The quantitative estimate of drug-likeness (QED) is 0.0451. The SMILES string of the molecule is CCCCCCCCCCCCCCCCCCOc1ccc(N=Nc2ccc(OC(=O)c3ccc(C4C=CC=C4)cc3)cc2)cc1. The van der Waals surface area contributed by atoms with Gasteiger partial charge in [0, 0.05) is 5.92 Å². The summed E-state index contributed by atoms with van der Waals surface area (Å²) in [6.45, 7) is 3.03. The highest BCUT2D eigenvalue weighted by Gasteiger charge is 2.11. The lowest BCUT2D eigenvalue weighted by Gasteiger charge is -2.08. The summed E-state index contributed by atoms with van der Waals surface area (Å²) in [5.41, 5.74) is 3.09. The summed E-state index contributed by atoms with van der Waals surface area (Å²) in [4.78, 5) is 12.6. The van der Waals surface area contributed by atoms with E-state index in [0.29, 0.717) is 17.0 Å². The summed E-state index contributed by atoms with van der Waals surface area (Å²) in [6, 6.07) is 22.3. The molecule has 0 aromatic heterocycles. The molecule has 0 spiro atoms. The number of allylic oxidation sites excluding steroid dienone is 4. The number of carbonyl (C=O) groups excluding carboxylic acids is 1. The van der Waals surface area contributed by atoms with Crippen molar-refractivity contribution in [2.24, 2.45) is 10.2 Å². The second-order valence-corrected chi connectivity index (χ2v) is 12.6. The van der Waals surface area contributed by atoms with E-state index in [1.165, 1.54) is 96.3 Å². The van der Waals surface area contributed by atoms with Crippen LogP contribution in [-0.4, -0.2) is 12.6 Å². The molecule has 3 aromatic rings. The van der Waals surface area contributed by atoms with Crippen LogP contribution in [0.4, 0.5) is 11.4 Å². The maximum Gasteiger partial charge on any atom is 0.343 e. The minimum absolute atomic E-state index is 0.270. The van der Waals surface area contributed by atoms with Gasteiger partial charge in [0.2, 0.25) is 0 Å². The molecular formula is C42H54N2O3. The summed E-state index contributed by atoms with van der Waals surface area (Å²) < 4.78 is 11.5. The van der Waals surface area contributed by atoms with Crippen LogP contribution in [0.2, 0.25) is 0 Å². The molecule has 47 heavy (non-hydrogen) atoms. The highest BCUT2D eigenvalue weighted by atomic mass is 16.5. The van der Waals surface area contributed by atoms with Crippen LogP contribution < -0.4 is 9.47 Å². The molecule has 0 radical (unpaired) electrons. The van der Waals surface area contributed by atoms with E-state index in [1.54, 1.807) is 36.4 Å². The molecule has 1 aliphatic carbocycles. The van der Waals surface area contributed by atoms with Gasteiger partial charge in [0.25, 0.3) is 0 Å². The van der Waals surface area contributed by atoms with Crippen molar-refractivity contribution in [3.63, 3.8) is 0 Å². The molecule has 0 N–H and O–H groups in total. The van der Waals surface area contributed by atoms with Crippen molar-refractivity contribution < 1.29 is 14.3 Å². The van der Waals surface area contributed by atoms with Crippen LogP contribution in [0, 0.1) is 0 Å². The van der Waals surface area contributed by atoms with E-state index in [9.17, 15) is 4.79 Å². The first-order valence-corrected chi connectivity index (χ1v) is 18.1. The molecule has 0 fully saturated rings. The van der Waals surface area contributed by atoms with Gasteiger partial charge in [-0.05, 0) is 72.6 Å². The topological polar surface area (TPSA) is 60.3 Å². The summed E-state index contributed by atoms with van der Waals surface area (Å²) in [5.74, 6) is 1.20. The Hall–Kier alpha value is -3.99. The average molecular weight is 635 g/mol. The lowest BCUT2D eigenvalue weighted by molar-refractivity contribution is 0.0734. The standard InChI is InChI=1S/C42H54N2O3/c1-2-3-4-5-6-7-8-9-10-11-12-13-14-15-16-19-34-46-40-30-26-38(27-31-40)43-44-39-28-32-41(33-29-39)47-42(45)37-24-22-36(23-25-37)35-20-17-18-21-35/h17-18,20-33,35H,2-16,19,34H2,1H3. The van der Waals surface area contributed by atoms with E-state index in [1.807, 2.05) is 48.6 Å². The summed E-state index contributed by atoms with van der Waals surface area (Å²) in [5, 5.41) is 8.65. The van der Waals surface area contributed by atoms with E-state index < -0.39 is 0 Å². The van der Waals surface area contributed by atoms with Gasteiger partial charge in [0.1, 0.15) is 11.5 Å². The minimum Gasteiger partial charge on any atom is -0.494 e. The maximum absolute atomic E-state index is 12.6. The Morgan fingerprint density at radius 3 is 1.49 bits per heavy atom. The Kier molecular flexibility index (Phi) is 16.6. The number of benzene rings is 3. The molecule has 0 unspecified atom stereocenters. The van der Waals surface area contributed by atoms with Gasteiger partial charge in [-0.15, -0.1) is 0 Å². The summed E-state index contributed by atoms with van der Waals surface area (Å²) in [7, 11) is 0. The normalized spacial score (nSPS) is 12.7. The smallest absolute Gasteiger partial charge is 0.343 e. The van der Waals surface area contributed by atoms with Crippen LogP contribution in [0.3, 0.4) is 0 Å². The number of azo groups is 1. The zero-order valence-corrected chi connectivity index (χ0v) is 28.5. The molecule has 0 saturated heterocycles. The van der Waals surface area contributed by atoms with E-state index in [2.05, 4.69) is 29.3 Å². The number of nitrogens with zero attached hydrogens (tertiary/aromatic N) is 2. The third-order valence-electron chi connectivity index (χ3n) is 8.71. The largest absolute Gasteiger partial charge is 0.494 e. The van der Waals surface area contributed by atoms with E-state index in [4.69, 9.17) is 9.47 Å². The van der Waals surface area contributed by atoms with Gasteiger partial charge in [0.05, 0.1) is 23.5 Å². The predicted octanol–water partition coefficient (Wildman–Crippen LogP) is 13.2. The first-order chi connectivity index (χ1) is 23.2. The third-order valence-corrected chi connectivity index (χ3v) is 8.71. The predicted molar refractivity (Wildman–Crippen MR) is 195 cm³/mol. The molecule has 250 valence electrons. The Morgan fingerprint density at radius 1 is 0.553 bits per heavy atom. The molecule has 0 amide bonds. The molecule has 1 aliphatic rings. The van der Waals surface area contributed by atoms with Crippen molar-refractivity contribution in [2.75, 3.05) is 6.61 Å². The number of ether oxygens (including phenoxy) is 2. The molecule has 0 aliphatic heterocycles. The fourth-order valence-corrected chi connectivity index (χ4v) is 5.81. The van der Waals surface area contributed by atoms with Crippen LogP contribution in [0.1, 0.15) is 131 Å². The fourth-order valence-electron chi connectivity index (χ4n) is 5.81. The molecule has 0 bridgehead atoms. The second kappa shape index (κ2) is 21.7. The second-order valence-electron chi connectivity index (χ2n) is 12.6. The highest BCUT2D eigenvalue weighted by Crippen LogP contribution is 2.25. The average Bonchev–Trinajstić information content (AvgIpc) is 3.65. The fraction of sp³-hybridized carbons (Fsp3) is 0.452. The van der Waals surface area contributed by atoms with Crippen molar-refractivity contribution in [3.8, 4) is 11.5 Å². The van der Waals surface area contributed by atoms with Gasteiger partial charge in [-0.25, -0.2) is 4.79 Å². The van der Waals surface area contributed by atoms with E-state index in [-0.39, 0.29) is 11.9 Å². The molecule has 4 rings (SSSR count). The maximum atomic E-state index is 12.6.